The van der Waals surface area contributed by atoms with Crippen LogP contribution >= 0.6 is 23.2 Å². The van der Waals surface area contributed by atoms with Gasteiger partial charge in [-0.3, -0.25) is 13.9 Å². The van der Waals surface area contributed by atoms with Crippen molar-refractivity contribution in [3.05, 3.63) is 63.6 Å². The molecular weight excluding hydrogens is 497 g/mol. The summed E-state index contributed by atoms with van der Waals surface area (Å²) in [6.07, 6.45) is 1.36. The molecule has 10 heteroatoms. The first-order chi connectivity index (χ1) is 15.8. The average molecular weight is 529 g/mol. The zero-order valence-electron chi connectivity index (χ0n) is 20.0. The Morgan fingerprint density at radius 3 is 2.29 bits per heavy atom. The number of anilines is 1. The number of carbonyl (C=O) groups is 2. The molecule has 0 heterocycles. The quantitative estimate of drug-likeness (QED) is 0.495. The van der Waals surface area contributed by atoms with Crippen molar-refractivity contribution in [3.63, 3.8) is 0 Å². The smallest absolute Gasteiger partial charge is 0.244 e. The van der Waals surface area contributed by atoms with E-state index < -0.39 is 28.5 Å². The Morgan fingerprint density at radius 1 is 1.09 bits per heavy atom. The molecule has 0 saturated carbocycles. The van der Waals surface area contributed by atoms with Crippen molar-refractivity contribution in [3.8, 4) is 0 Å². The summed E-state index contributed by atoms with van der Waals surface area (Å²) in [5.41, 5.74) is 1.98. The topological polar surface area (TPSA) is 86.8 Å². The molecule has 0 bridgehead atoms. The second-order valence-electron chi connectivity index (χ2n) is 8.46. The number of amides is 2. The minimum atomic E-state index is -3.88. The van der Waals surface area contributed by atoms with Gasteiger partial charge in [-0.15, -0.1) is 0 Å². The molecule has 0 unspecified atom stereocenters. The molecule has 0 fully saturated rings. The Hall–Kier alpha value is -2.29. The maximum atomic E-state index is 13.6. The average Bonchev–Trinajstić information content (AvgIpc) is 2.71. The fourth-order valence-corrected chi connectivity index (χ4v) is 5.01. The number of benzene rings is 2. The standard InChI is InChI=1S/C24H31Cl2N3O4S/c1-6-21(24(31)27-16(2)3)28(14-18-9-7-8-17(4)12-18)23(30)15-29(34(5,32)33)22-11-10-19(25)13-20(22)26/h7-13,16,21H,6,14-15H2,1-5H3,(H,27,31)/t21-/m1/s1. The van der Waals surface area contributed by atoms with Crippen LogP contribution < -0.4 is 9.62 Å². The number of carbonyl (C=O) groups excluding carboxylic acids is 2. The summed E-state index contributed by atoms with van der Waals surface area (Å²) in [5.74, 6) is -0.822. The van der Waals surface area contributed by atoms with Crippen molar-refractivity contribution in [2.45, 2.75) is 52.7 Å². The summed E-state index contributed by atoms with van der Waals surface area (Å²) in [4.78, 5) is 28.0. The lowest BCUT2D eigenvalue weighted by Gasteiger charge is -2.33. The summed E-state index contributed by atoms with van der Waals surface area (Å²) in [5, 5.41) is 3.29. The monoisotopic (exact) mass is 527 g/mol. The van der Waals surface area contributed by atoms with Crippen LogP contribution in [0.15, 0.2) is 42.5 Å². The fraction of sp³-hybridized carbons (Fsp3) is 0.417. The Morgan fingerprint density at radius 2 is 1.76 bits per heavy atom. The van der Waals surface area contributed by atoms with Gasteiger partial charge in [-0.1, -0.05) is 60.0 Å². The van der Waals surface area contributed by atoms with Crippen LogP contribution in [-0.2, 0) is 26.2 Å². The third-order valence-corrected chi connectivity index (χ3v) is 6.77. The van der Waals surface area contributed by atoms with Gasteiger partial charge in [0.05, 0.1) is 17.0 Å². The summed E-state index contributed by atoms with van der Waals surface area (Å²) >= 11 is 12.2. The molecule has 2 rings (SSSR count). The highest BCUT2D eigenvalue weighted by molar-refractivity contribution is 7.92. The molecule has 0 aliphatic rings. The molecule has 2 aromatic carbocycles. The first-order valence-electron chi connectivity index (χ1n) is 10.9. The summed E-state index contributed by atoms with van der Waals surface area (Å²) < 4.78 is 26.2. The second-order valence-corrected chi connectivity index (χ2v) is 11.2. The minimum absolute atomic E-state index is 0.0977. The SMILES string of the molecule is CC[C@H](C(=O)NC(C)C)N(Cc1cccc(C)c1)C(=O)CN(c1ccc(Cl)cc1Cl)S(C)(=O)=O. The Labute approximate surface area is 212 Å². The van der Waals surface area contributed by atoms with E-state index in [1.165, 1.54) is 23.1 Å². The van der Waals surface area contributed by atoms with Gasteiger partial charge in [0.1, 0.15) is 12.6 Å². The number of hydrogen-bond donors (Lipinski definition) is 1. The molecule has 0 aliphatic heterocycles. The van der Waals surface area contributed by atoms with Crippen LogP contribution in [0.1, 0.15) is 38.3 Å². The van der Waals surface area contributed by atoms with Gasteiger partial charge in [0.15, 0.2) is 0 Å². The van der Waals surface area contributed by atoms with Crippen molar-refractivity contribution in [2.24, 2.45) is 0 Å². The van der Waals surface area contributed by atoms with Crippen molar-refractivity contribution >= 4 is 50.7 Å². The van der Waals surface area contributed by atoms with E-state index in [0.29, 0.717) is 11.4 Å². The van der Waals surface area contributed by atoms with Gasteiger partial charge >= 0.3 is 0 Å². The van der Waals surface area contributed by atoms with Crippen molar-refractivity contribution in [2.75, 3.05) is 17.1 Å². The lowest BCUT2D eigenvalue weighted by Crippen LogP contribution is -2.53. The molecule has 2 amide bonds. The first kappa shape index (κ1) is 28.0. The Kier molecular flexibility index (Phi) is 9.79. The number of hydrogen-bond acceptors (Lipinski definition) is 4. The molecule has 0 spiro atoms. The third kappa shape index (κ3) is 7.61. The zero-order chi connectivity index (χ0) is 25.6. The number of sulfonamides is 1. The molecule has 1 atom stereocenters. The zero-order valence-corrected chi connectivity index (χ0v) is 22.3. The molecular formula is C24H31Cl2N3O4S. The number of halogens is 2. The van der Waals surface area contributed by atoms with Crippen LogP contribution in [0.2, 0.25) is 10.0 Å². The molecule has 7 nitrogen and oxygen atoms in total. The molecule has 1 N–H and O–H groups in total. The molecule has 0 saturated heterocycles. The number of aryl methyl sites for hydroxylation is 1. The van der Waals surface area contributed by atoms with Gasteiger partial charge in [0.25, 0.3) is 0 Å². The van der Waals surface area contributed by atoms with Crippen LogP contribution in [0.25, 0.3) is 0 Å². The highest BCUT2D eigenvalue weighted by Crippen LogP contribution is 2.30. The van der Waals surface area contributed by atoms with Gasteiger partial charge < -0.3 is 10.2 Å². The summed E-state index contributed by atoms with van der Waals surface area (Å²) in [6, 6.07) is 11.1. The van der Waals surface area contributed by atoms with Gasteiger partial charge in [-0.05, 0) is 51.0 Å². The van der Waals surface area contributed by atoms with Crippen molar-refractivity contribution in [1.82, 2.24) is 10.2 Å². The summed E-state index contributed by atoms with van der Waals surface area (Å²) in [7, 11) is -3.88. The van der Waals surface area contributed by atoms with E-state index in [1.807, 2.05) is 52.0 Å². The van der Waals surface area contributed by atoms with Crippen LogP contribution in [0.3, 0.4) is 0 Å². The van der Waals surface area contributed by atoms with Crippen LogP contribution in [0.5, 0.6) is 0 Å². The molecule has 0 aliphatic carbocycles. The highest BCUT2D eigenvalue weighted by atomic mass is 35.5. The van der Waals surface area contributed by atoms with E-state index in [9.17, 15) is 18.0 Å². The normalized spacial score (nSPS) is 12.4. The molecule has 0 radical (unpaired) electrons. The largest absolute Gasteiger partial charge is 0.352 e. The van der Waals surface area contributed by atoms with Crippen molar-refractivity contribution in [1.29, 1.82) is 0 Å². The van der Waals surface area contributed by atoms with Gasteiger partial charge in [0, 0.05) is 17.6 Å². The molecule has 186 valence electrons. The maximum absolute atomic E-state index is 13.6. The lowest BCUT2D eigenvalue weighted by atomic mass is 10.1. The van der Waals surface area contributed by atoms with Gasteiger partial charge in [-0.25, -0.2) is 8.42 Å². The van der Waals surface area contributed by atoms with E-state index in [2.05, 4.69) is 5.32 Å². The number of nitrogens with one attached hydrogen (secondary N) is 1. The first-order valence-corrected chi connectivity index (χ1v) is 13.5. The molecule has 2 aromatic rings. The Bertz CT molecular complexity index is 1140. The molecule has 34 heavy (non-hydrogen) atoms. The van der Waals surface area contributed by atoms with E-state index in [1.54, 1.807) is 0 Å². The van der Waals surface area contributed by atoms with Crippen LogP contribution in [-0.4, -0.2) is 50.0 Å². The summed E-state index contributed by atoms with van der Waals surface area (Å²) in [6.45, 7) is 7.06. The van der Waals surface area contributed by atoms with Gasteiger partial charge in [0.2, 0.25) is 21.8 Å². The molecule has 0 aromatic heterocycles. The minimum Gasteiger partial charge on any atom is -0.352 e. The predicted octanol–water partition coefficient (Wildman–Crippen LogP) is 4.40. The fourth-order valence-electron chi connectivity index (χ4n) is 3.59. The number of nitrogens with zero attached hydrogens (tertiary/aromatic N) is 2. The Balaban J connectivity index is 2.48. The highest BCUT2D eigenvalue weighted by Gasteiger charge is 2.32. The third-order valence-electron chi connectivity index (χ3n) is 5.11. The lowest BCUT2D eigenvalue weighted by molar-refractivity contribution is -0.140. The van der Waals surface area contributed by atoms with Crippen LogP contribution in [0, 0.1) is 6.92 Å². The number of rotatable bonds is 10. The van der Waals surface area contributed by atoms with Crippen molar-refractivity contribution < 1.29 is 18.0 Å². The van der Waals surface area contributed by atoms with E-state index in [4.69, 9.17) is 23.2 Å². The van der Waals surface area contributed by atoms with Crippen LogP contribution in [0.4, 0.5) is 5.69 Å². The van der Waals surface area contributed by atoms with E-state index in [0.717, 1.165) is 21.7 Å². The van der Waals surface area contributed by atoms with E-state index in [-0.39, 0.29) is 29.2 Å². The second kappa shape index (κ2) is 11.9. The predicted molar refractivity (Wildman–Crippen MR) is 138 cm³/mol. The van der Waals surface area contributed by atoms with E-state index >= 15 is 0 Å². The maximum Gasteiger partial charge on any atom is 0.244 e. The van der Waals surface area contributed by atoms with Gasteiger partial charge in [-0.2, -0.15) is 0 Å².